The Labute approximate surface area is 200 Å². The number of thioether (sulfide) groups is 1. The Kier molecular flexibility index (Phi) is 18.4. The SMILES string of the molecule is CCCCCCCCCCCCC(C)C(CNC(=O)[C@H](O)C(C)(C)CO)C(=O)SCCN. The first kappa shape index (κ1) is 31.4. The molecule has 0 saturated carbocycles. The molecule has 0 aromatic rings. The molecule has 0 bridgehead atoms. The fourth-order valence-electron chi connectivity index (χ4n) is 3.69. The predicted octanol–water partition coefficient (Wildman–Crippen LogP) is 4.26. The van der Waals surface area contributed by atoms with Crippen LogP contribution in [0.3, 0.4) is 0 Å². The number of rotatable bonds is 20. The van der Waals surface area contributed by atoms with Gasteiger partial charge in [0.05, 0.1) is 6.61 Å². The van der Waals surface area contributed by atoms with Gasteiger partial charge in [-0.2, -0.15) is 0 Å². The average molecular weight is 475 g/mol. The Balaban J connectivity index is 4.46. The second kappa shape index (κ2) is 18.8. The van der Waals surface area contributed by atoms with Gasteiger partial charge in [0, 0.05) is 30.2 Å². The second-order valence-electron chi connectivity index (χ2n) is 9.80. The van der Waals surface area contributed by atoms with Gasteiger partial charge in [-0.3, -0.25) is 9.59 Å². The van der Waals surface area contributed by atoms with Crippen molar-refractivity contribution in [2.75, 3.05) is 25.4 Å². The first-order valence-corrected chi connectivity index (χ1v) is 13.6. The van der Waals surface area contributed by atoms with E-state index in [-0.39, 0.29) is 30.1 Å². The van der Waals surface area contributed by atoms with E-state index in [4.69, 9.17) is 5.73 Å². The van der Waals surface area contributed by atoms with Crippen LogP contribution in [-0.2, 0) is 9.59 Å². The standard InChI is InChI=1S/C25H50N2O4S/c1-5-6-7-8-9-10-11-12-13-14-15-20(2)21(24(31)32-17-16-26)18-27-23(30)22(29)25(3,4)19-28/h20-22,28-29H,5-19,26H2,1-4H3,(H,27,30)/t20?,21?,22-/m0/s1. The number of aliphatic hydroxyl groups is 2. The molecule has 3 atom stereocenters. The predicted molar refractivity (Wildman–Crippen MR) is 136 cm³/mol. The summed E-state index contributed by atoms with van der Waals surface area (Å²) in [7, 11) is 0. The molecule has 0 aromatic heterocycles. The summed E-state index contributed by atoms with van der Waals surface area (Å²) in [4.78, 5) is 25.1. The van der Waals surface area contributed by atoms with E-state index in [9.17, 15) is 19.8 Å². The van der Waals surface area contributed by atoms with E-state index in [1.54, 1.807) is 13.8 Å². The molecule has 32 heavy (non-hydrogen) atoms. The molecular formula is C25H50N2O4S. The minimum atomic E-state index is -1.32. The van der Waals surface area contributed by atoms with Crippen molar-refractivity contribution in [2.24, 2.45) is 23.0 Å². The molecule has 0 aromatic carbocycles. The molecule has 0 fully saturated rings. The normalized spacial score (nSPS) is 14.7. The molecule has 5 N–H and O–H groups in total. The molecule has 0 radical (unpaired) electrons. The van der Waals surface area contributed by atoms with Crippen LogP contribution < -0.4 is 11.1 Å². The largest absolute Gasteiger partial charge is 0.396 e. The number of carbonyl (C=O) groups excluding carboxylic acids is 2. The van der Waals surface area contributed by atoms with Gasteiger partial charge in [0.25, 0.3) is 0 Å². The summed E-state index contributed by atoms with van der Waals surface area (Å²) in [5.74, 6) is -0.144. The van der Waals surface area contributed by atoms with Crippen molar-refractivity contribution in [3.8, 4) is 0 Å². The summed E-state index contributed by atoms with van der Waals surface area (Å²) < 4.78 is 0. The molecule has 6 nitrogen and oxygen atoms in total. The van der Waals surface area contributed by atoms with Gasteiger partial charge in [0.2, 0.25) is 5.91 Å². The van der Waals surface area contributed by atoms with E-state index in [1.165, 1.54) is 69.5 Å². The number of hydrogen-bond donors (Lipinski definition) is 4. The van der Waals surface area contributed by atoms with Gasteiger partial charge in [0.15, 0.2) is 5.12 Å². The van der Waals surface area contributed by atoms with Gasteiger partial charge in [-0.25, -0.2) is 0 Å². The Bertz CT molecular complexity index is 502. The van der Waals surface area contributed by atoms with Gasteiger partial charge in [-0.05, 0) is 12.3 Å². The van der Waals surface area contributed by atoms with Crippen molar-refractivity contribution in [2.45, 2.75) is 104 Å². The van der Waals surface area contributed by atoms with Crippen LogP contribution in [0.25, 0.3) is 0 Å². The maximum absolute atomic E-state index is 12.7. The molecule has 2 unspecified atom stereocenters. The lowest BCUT2D eigenvalue weighted by Gasteiger charge is -2.28. The Hall–Kier alpha value is -0.630. The van der Waals surface area contributed by atoms with Gasteiger partial charge in [-0.1, -0.05) is 104 Å². The molecule has 0 rings (SSSR count). The van der Waals surface area contributed by atoms with E-state index >= 15 is 0 Å². The van der Waals surface area contributed by atoms with Crippen LogP contribution in [0.5, 0.6) is 0 Å². The van der Waals surface area contributed by atoms with Crippen LogP contribution in [0.4, 0.5) is 0 Å². The number of unbranched alkanes of at least 4 members (excludes halogenated alkanes) is 9. The molecule has 0 saturated heterocycles. The highest BCUT2D eigenvalue weighted by molar-refractivity contribution is 8.13. The average Bonchev–Trinajstić information content (AvgIpc) is 2.78. The summed E-state index contributed by atoms with van der Waals surface area (Å²) in [6.07, 6.45) is 12.4. The maximum Gasteiger partial charge on any atom is 0.249 e. The number of hydrogen-bond acceptors (Lipinski definition) is 6. The monoisotopic (exact) mass is 474 g/mol. The first-order chi connectivity index (χ1) is 15.2. The van der Waals surface area contributed by atoms with Crippen LogP contribution >= 0.6 is 11.8 Å². The Morgan fingerprint density at radius 2 is 1.53 bits per heavy atom. The van der Waals surface area contributed by atoms with Crippen LogP contribution in [0.1, 0.15) is 98.3 Å². The zero-order chi connectivity index (χ0) is 24.4. The quantitative estimate of drug-likeness (QED) is 0.196. The third kappa shape index (κ3) is 13.8. The summed E-state index contributed by atoms with van der Waals surface area (Å²) >= 11 is 1.22. The molecule has 0 aliphatic carbocycles. The topological polar surface area (TPSA) is 113 Å². The Morgan fingerprint density at radius 3 is 2.03 bits per heavy atom. The number of amides is 1. The van der Waals surface area contributed by atoms with E-state index in [0.29, 0.717) is 12.3 Å². The van der Waals surface area contributed by atoms with E-state index in [0.717, 1.165) is 12.8 Å². The number of aliphatic hydroxyl groups excluding tert-OH is 2. The highest BCUT2D eigenvalue weighted by Crippen LogP contribution is 2.25. The molecule has 0 aliphatic heterocycles. The lowest BCUT2D eigenvalue weighted by molar-refractivity contribution is -0.137. The van der Waals surface area contributed by atoms with Gasteiger partial charge < -0.3 is 21.3 Å². The van der Waals surface area contributed by atoms with E-state index in [1.807, 2.05) is 0 Å². The van der Waals surface area contributed by atoms with E-state index in [2.05, 4.69) is 19.2 Å². The molecule has 1 amide bonds. The number of nitrogens with one attached hydrogen (secondary N) is 1. The van der Waals surface area contributed by atoms with Crippen LogP contribution in [0, 0.1) is 17.3 Å². The van der Waals surface area contributed by atoms with E-state index < -0.39 is 17.4 Å². The van der Waals surface area contributed by atoms with Gasteiger partial charge in [-0.15, -0.1) is 0 Å². The van der Waals surface area contributed by atoms with Crippen molar-refractivity contribution in [3.63, 3.8) is 0 Å². The summed E-state index contributed by atoms with van der Waals surface area (Å²) in [6, 6.07) is 0. The highest BCUT2D eigenvalue weighted by Gasteiger charge is 2.34. The lowest BCUT2D eigenvalue weighted by Crippen LogP contribution is -2.47. The summed E-state index contributed by atoms with van der Waals surface area (Å²) in [5, 5.41) is 22.4. The second-order valence-corrected chi connectivity index (χ2v) is 10.9. The molecule has 0 heterocycles. The molecule has 0 spiro atoms. The van der Waals surface area contributed by atoms with Crippen LogP contribution in [0.15, 0.2) is 0 Å². The molecule has 0 aliphatic rings. The zero-order valence-corrected chi connectivity index (χ0v) is 21.9. The highest BCUT2D eigenvalue weighted by atomic mass is 32.2. The third-order valence-corrected chi connectivity index (χ3v) is 7.28. The minimum absolute atomic E-state index is 0.0474. The van der Waals surface area contributed by atoms with Crippen molar-refractivity contribution in [3.05, 3.63) is 0 Å². The van der Waals surface area contributed by atoms with Crippen LogP contribution in [0.2, 0.25) is 0 Å². The lowest BCUT2D eigenvalue weighted by atomic mass is 9.86. The van der Waals surface area contributed by atoms with Gasteiger partial charge >= 0.3 is 0 Å². The van der Waals surface area contributed by atoms with Crippen molar-refractivity contribution in [1.29, 1.82) is 0 Å². The maximum atomic E-state index is 12.7. The van der Waals surface area contributed by atoms with Crippen LogP contribution in [-0.4, -0.2) is 52.8 Å². The fourth-order valence-corrected chi connectivity index (χ4v) is 4.54. The Morgan fingerprint density at radius 1 is 1.00 bits per heavy atom. The summed E-state index contributed by atoms with van der Waals surface area (Å²) in [5.41, 5.74) is 4.62. The van der Waals surface area contributed by atoms with Gasteiger partial charge in [0.1, 0.15) is 6.10 Å². The molecular weight excluding hydrogens is 424 g/mol. The molecule has 7 heteroatoms. The molecule has 190 valence electrons. The third-order valence-electron chi connectivity index (χ3n) is 6.26. The zero-order valence-electron chi connectivity index (χ0n) is 21.0. The number of nitrogens with two attached hydrogens (primary N) is 1. The fraction of sp³-hybridized carbons (Fsp3) is 0.920. The summed E-state index contributed by atoms with van der Waals surface area (Å²) in [6.45, 7) is 7.91. The minimum Gasteiger partial charge on any atom is -0.396 e. The van der Waals surface area contributed by atoms with Crippen molar-refractivity contribution in [1.82, 2.24) is 5.32 Å². The number of carbonyl (C=O) groups is 2. The smallest absolute Gasteiger partial charge is 0.249 e. The first-order valence-electron chi connectivity index (χ1n) is 12.6. The van der Waals surface area contributed by atoms with Crippen molar-refractivity contribution >= 4 is 22.8 Å². The van der Waals surface area contributed by atoms with Crippen molar-refractivity contribution < 1.29 is 19.8 Å².